The molecule has 0 fully saturated rings. The summed E-state index contributed by atoms with van der Waals surface area (Å²) in [5.74, 6) is 1.32. The van der Waals surface area contributed by atoms with Crippen LogP contribution in [-0.2, 0) is 0 Å². The summed E-state index contributed by atoms with van der Waals surface area (Å²) < 4.78 is 9.66. The number of methoxy groups -OCH3 is 2. The van der Waals surface area contributed by atoms with Gasteiger partial charge in [-0.15, -0.1) is 0 Å². The average Bonchev–Trinajstić information content (AvgIpc) is 2.48. The maximum absolute atomic E-state index is 9.25. The highest BCUT2D eigenvalue weighted by atomic mass is 16.5. The Morgan fingerprint density at radius 3 is 1.95 bits per heavy atom. The quantitative estimate of drug-likeness (QED) is 0.900. The second kappa shape index (κ2) is 7.74. The lowest BCUT2D eigenvalue weighted by Gasteiger charge is -2.02. The molecule has 0 unspecified atom stereocenters. The van der Waals surface area contributed by atoms with E-state index in [1.807, 2.05) is 6.07 Å². The molecule has 4 heteroatoms. The number of ether oxygens (including phenoxy) is 2. The molecule has 0 spiro atoms. The standard InChI is InChI=1S/C9H10O2.C7H8O2/c1-3-7-4-5-9(11-2)8(10)6-7;1-9-7-5-3-2-4-6(7)8/h3-6,10H,1H2,2H3;2-5,8H,1H3. The minimum atomic E-state index is 0.143. The molecule has 0 aliphatic rings. The Morgan fingerprint density at radius 2 is 1.50 bits per heavy atom. The zero-order chi connectivity index (χ0) is 15.0. The molecule has 0 amide bonds. The molecule has 0 atom stereocenters. The van der Waals surface area contributed by atoms with Crippen LogP contribution < -0.4 is 9.47 Å². The smallest absolute Gasteiger partial charge is 0.160 e. The number of para-hydroxylation sites is 2. The highest BCUT2D eigenvalue weighted by Gasteiger charge is 1.98. The second-order valence-electron chi connectivity index (χ2n) is 3.81. The fourth-order valence-corrected chi connectivity index (χ4v) is 1.46. The van der Waals surface area contributed by atoms with E-state index in [1.165, 1.54) is 14.2 Å². The van der Waals surface area contributed by atoms with Crippen LogP contribution in [0.25, 0.3) is 6.08 Å². The van der Waals surface area contributed by atoms with Crippen LogP contribution in [0.4, 0.5) is 0 Å². The first-order valence-electron chi connectivity index (χ1n) is 5.93. The first-order valence-corrected chi connectivity index (χ1v) is 5.93. The van der Waals surface area contributed by atoms with Gasteiger partial charge < -0.3 is 19.7 Å². The number of rotatable bonds is 3. The van der Waals surface area contributed by atoms with E-state index in [4.69, 9.17) is 14.6 Å². The fraction of sp³-hybridized carbons (Fsp3) is 0.125. The van der Waals surface area contributed by atoms with Gasteiger partial charge in [0.2, 0.25) is 0 Å². The van der Waals surface area contributed by atoms with Gasteiger partial charge in [0.25, 0.3) is 0 Å². The van der Waals surface area contributed by atoms with Crippen LogP contribution in [0.1, 0.15) is 5.56 Å². The third-order valence-corrected chi connectivity index (χ3v) is 2.52. The molecular formula is C16H18O4. The van der Waals surface area contributed by atoms with Gasteiger partial charge in [-0.05, 0) is 29.8 Å². The normalized spacial score (nSPS) is 9.10. The summed E-state index contributed by atoms with van der Waals surface area (Å²) in [7, 11) is 3.04. The van der Waals surface area contributed by atoms with Crippen LogP contribution in [-0.4, -0.2) is 24.4 Å². The third-order valence-electron chi connectivity index (χ3n) is 2.52. The Balaban J connectivity index is 0.000000204. The average molecular weight is 274 g/mol. The van der Waals surface area contributed by atoms with Gasteiger partial charge in [-0.1, -0.05) is 30.9 Å². The lowest BCUT2D eigenvalue weighted by Crippen LogP contribution is -1.83. The van der Waals surface area contributed by atoms with E-state index in [9.17, 15) is 5.11 Å². The minimum Gasteiger partial charge on any atom is -0.504 e. The zero-order valence-corrected chi connectivity index (χ0v) is 11.5. The van der Waals surface area contributed by atoms with E-state index in [2.05, 4.69) is 6.58 Å². The molecule has 106 valence electrons. The molecule has 2 aromatic carbocycles. The first kappa shape index (κ1) is 15.4. The van der Waals surface area contributed by atoms with E-state index < -0.39 is 0 Å². The predicted octanol–water partition coefficient (Wildman–Crippen LogP) is 3.44. The zero-order valence-electron chi connectivity index (χ0n) is 11.5. The molecule has 0 saturated carbocycles. The number of benzene rings is 2. The largest absolute Gasteiger partial charge is 0.504 e. The van der Waals surface area contributed by atoms with Crippen LogP contribution in [0.2, 0.25) is 0 Å². The highest BCUT2D eigenvalue weighted by molar-refractivity contribution is 5.53. The molecule has 20 heavy (non-hydrogen) atoms. The van der Waals surface area contributed by atoms with Gasteiger partial charge in [-0.3, -0.25) is 0 Å². The maximum Gasteiger partial charge on any atom is 0.160 e. The van der Waals surface area contributed by atoms with Crippen LogP contribution in [0, 0.1) is 0 Å². The Hall–Kier alpha value is -2.62. The summed E-state index contributed by atoms with van der Waals surface area (Å²) >= 11 is 0. The molecular weight excluding hydrogens is 256 g/mol. The van der Waals surface area contributed by atoms with Gasteiger partial charge in [-0.2, -0.15) is 0 Å². The first-order chi connectivity index (χ1) is 9.62. The maximum atomic E-state index is 9.25. The Bertz CT molecular complexity index is 564. The molecule has 0 saturated heterocycles. The highest BCUT2D eigenvalue weighted by Crippen LogP contribution is 2.26. The van der Waals surface area contributed by atoms with E-state index in [1.54, 1.807) is 42.5 Å². The van der Waals surface area contributed by atoms with Crippen molar-refractivity contribution < 1.29 is 19.7 Å². The number of hydrogen-bond acceptors (Lipinski definition) is 4. The van der Waals surface area contributed by atoms with E-state index in [0.29, 0.717) is 11.5 Å². The Morgan fingerprint density at radius 1 is 0.900 bits per heavy atom. The summed E-state index contributed by atoms with van der Waals surface area (Å²) in [6.45, 7) is 3.58. The Kier molecular flexibility index (Phi) is 5.97. The van der Waals surface area contributed by atoms with Gasteiger partial charge in [0.1, 0.15) is 0 Å². The lowest BCUT2D eigenvalue weighted by atomic mass is 10.2. The van der Waals surface area contributed by atoms with E-state index >= 15 is 0 Å². The second-order valence-corrected chi connectivity index (χ2v) is 3.81. The number of phenols is 2. The molecule has 2 N–H and O–H groups in total. The van der Waals surface area contributed by atoms with Crippen LogP contribution in [0.3, 0.4) is 0 Å². The fourth-order valence-electron chi connectivity index (χ4n) is 1.46. The molecule has 4 nitrogen and oxygen atoms in total. The molecule has 0 aliphatic carbocycles. The van der Waals surface area contributed by atoms with Crippen molar-refractivity contribution in [2.75, 3.05) is 14.2 Å². The minimum absolute atomic E-state index is 0.143. The van der Waals surface area contributed by atoms with Gasteiger partial charge >= 0.3 is 0 Å². The summed E-state index contributed by atoms with van der Waals surface area (Å²) in [4.78, 5) is 0. The number of aromatic hydroxyl groups is 2. The van der Waals surface area contributed by atoms with Crippen LogP contribution in [0.15, 0.2) is 49.0 Å². The van der Waals surface area contributed by atoms with Crippen molar-refractivity contribution in [2.24, 2.45) is 0 Å². The van der Waals surface area contributed by atoms with Crippen molar-refractivity contribution in [1.29, 1.82) is 0 Å². The van der Waals surface area contributed by atoms with Crippen molar-refractivity contribution in [1.82, 2.24) is 0 Å². The third kappa shape index (κ3) is 4.24. The lowest BCUT2D eigenvalue weighted by molar-refractivity contribution is 0.373. The summed E-state index contributed by atoms with van der Waals surface area (Å²) in [5.41, 5.74) is 0.878. The van der Waals surface area contributed by atoms with E-state index in [0.717, 1.165) is 5.56 Å². The molecule has 0 aromatic heterocycles. The molecule has 2 rings (SSSR count). The summed E-state index contributed by atoms with van der Waals surface area (Å²) in [6, 6.07) is 12.0. The summed E-state index contributed by atoms with van der Waals surface area (Å²) in [5, 5.41) is 18.2. The van der Waals surface area contributed by atoms with Gasteiger partial charge in [0.05, 0.1) is 14.2 Å². The van der Waals surface area contributed by atoms with Gasteiger partial charge in [-0.25, -0.2) is 0 Å². The number of phenolic OH excluding ortho intramolecular Hbond substituents is 2. The van der Waals surface area contributed by atoms with Crippen LogP contribution >= 0.6 is 0 Å². The van der Waals surface area contributed by atoms with Crippen molar-refractivity contribution >= 4 is 6.08 Å². The van der Waals surface area contributed by atoms with Gasteiger partial charge in [0, 0.05) is 0 Å². The SMILES string of the molecule is C=Cc1ccc(OC)c(O)c1.COc1ccccc1O. The van der Waals surface area contributed by atoms with Crippen molar-refractivity contribution in [3.63, 3.8) is 0 Å². The van der Waals surface area contributed by atoms with E-state index in [-0.39, 0.29) is 11.5 Å². The Labute approximate surface area is 118 Å². The molecule has 0 heterocycles. The van der Waals surface area contributed by atoms with Crippen molar-refractivity contribution in [3.05, 3.63) is 54.6 Å². The van der Waals surface area contributed by atoms with Crippen molar-refractivity contribution in [2.45, 2.75) is 0 Å². The topological polar surface area (TPSA) is 58.9 Å². The predicted molar refractivity (Wildman–Crippen MR) is 79.4 cm³/mol. The summed E-state index contributed by atoms with van der Waals surface area (Å²) in [6.07, 6.45) is 1.67. The van der Waals surface area contributed by atoms with Crippen LogP contribution in [0.5, 0.6) is 23.0 Å². The molecule has 0 radical (unpaired) electrons. The molecule has 0 aliphatic heterocycles. The molecule has 0 bridgehead atoms. The monoisotopic (exact) mass is 274 g/mol. The molecule has 2 aromatic rings. The number of hydrogen-bond donors (Lipinski definition) is 2. The van der Waals surface area contributed by atoms with Gasteiger partial charge in [0.15, 0.2) is 23.0 Å². The van der Waals surface area contributed by atoms with Crippen molar-refractivity contribution in [3.8, 4) is 23.0 Å².